The minimum Gasteiger partial charge on any atom is -0.348 e. The molecule has 0 aliphatic carbocycles. The van der Waals surface area contributed by atoms with Gasteiger partial charge in [0.2, 0.25) is 0 Å². The van der Waals surface area contributed by atoms with Gasteiger partial charge in [0.1, 0.15) is 11.6 Å². The molecule has 4 rings (SSSR count). The standard InChI is InChI=1S/C26H25FN4O3S/c1-17-7-8-18(2)25(13-17)35(33,34)30-22-6-4-5-21(15-22)26(32)29-16-20-9-10-24(23(27)14-20)31-12-11-28-19(31)3/h4-15,30H,16H2,1-3H3,(H,29,32). The lowest BCUT2D eigenvalue weighted by Gasteiger charge is -2.12. The number of benzene rings is 3. The second-order valence-electron chi connectivity index (χ2n) is 8.27. The van der Waals surface area contributed by atoms with Crippen molar-refractivity contribution in [2.24, 2.45) is 0 Å². The first-order valence-electron chi connectivity index (χ1n) is 10.9. The van der Waals surface area contributed by atoms with Gasteiger partial charge in [0.15, 0.2) is 0 Å². The largest absolute Gasteiger partial charge is 0.348 e. The van der Waals surface area contributed by atoms with E-state index in [-0.39, 0.29) is 22.7 Å². The average Bonchev–Trinajstić information content (AvgIpc) is 3.24. The summed E-state index contributed by atoms with van der Waals surface area (Å²) in [5, 5.41) is 2.74. The Morgan fingerprint density at radius 1 is 1.03 bits per heavy atom. The number of nitrogens with one attached hydrogen (secondary N) is 2. The van der Waals surface area contributed by atoms with Crippen LogP contribution in [0.25, 0.3) is 5.69 Å². The van der Waals surface area contributed by atoms with Gasteiger partial charge in [-0.15, -0.1) is 0 Å². The molecule has 3 aromatic carbocycles. The molecule has 35 heavy (non-hydrogen) atoms. The van der Waals surface area contributed by atoms with E-state index in [1.807, 2.05) is 13.0 Å². The molecule has 0 aliphatic rings. The molecule has 180 valence electrons. The Labute approximate surface area is 203 Å². The highest BCUT2D eigenvalue weighted by Gasteiger charge is 2.18. The molecule has 0 spiro atoms. The number of rotatable bonds is 7. The quantitative estimate of drug-likeness (QED) is 0.392. The third-order valence-corrected chi connectivity index (χ3v) is 7.08. The van der Waals surface area contributed by atoms with Crippen LogP contribution >= 0.6 is 0 Å². The van der Waals surface area contributed by atoms with Gasteiger partial charge in [-0.25, -0.2) is 17.8 Å². The molecule has 0 atom stereocenters. The Kier molecular flexibility index (Phi) is 6.70. The van der Waals surface area contributed by atoms with E-state index >= 15 is 0 Å². The number of hydrogen-bond acceptors (Lipinski definition) is 4. The van der Waals surface area contributed by atoms with E-state index in [2.05, 4.69) is 15.0 Å². The number of carbonyl (C=O) groups is 1. The Bertz CT molecular complexity index is 1510. The van der Waals surface area contributed by atoms with Crippen LogP contribution in [0.5, 0.6) is 0 Å². The van der Waals surface area contributed by atoms with E-state index in [4.69, 9.17) is 0 Å². The first kappa shape index (κ1) is 24.2. The molecule has 0 radical (unpaired) electrons. The fraction of sp³-hybridized carbons (Fsp3) is 0.154. The van der Waals surface area contributed by atoms with Crippen LogP contribution in [0.3, 0.4) is 0 Å². The van der Waals surface area contributed by atoms with Crippen molar-refractivity contribution in [3.8, 4) is 5.69 Å². The molecule has 0 bridgehead atoms. The predicted octanol–water partition coefficient (Wildman–Crippen LogP) is 4.67. The van der Waals surface area contributed by atoms with Crippen LogP contribution < -0.4 is 10.0 Å². The minimum absolute atomic E-state index is 0.109. The number of amides is 1. The highest BCUT2D eigenvalue weighted by atomic mass is 32.2. The van der Waals surface area contributed by atoms with Crippen LogP contribution in [0.4, 0.5) is 10.1 Å². The first-order valence-corrected chi connectivity index (χ1v) is 12.4. The number of imidazole rings is 1. The van der Waals surface area contributed by atoms with Gasteiger partial charge in [-0.1, -0.05) is 24.3 Å². The summed E-state index contributed by atoms with van der Waals surface area (Å²) in [7, 11) is -3.82. The maximum absolute atomic E-state index is 14.6. The highest BCUT2D eigenvalue weighted by molar-refractivity contribution is 7.92. The Balaban J connectivity index is 1.45. The summed E-state index contributed by atoms with van der Waals surface area (Å²) in [4.78, 5) is 17.0. The molecule has 0 saturated carbocycles. The third kappa shape index (κ3) is 5.41. The summed E-state index contributed by atoms with van der Waals surface area (Å²) in [6.45, 7) is 5.44. The van der Waals surface area contributed by atoms with Gasteiger partial charge in [0.05, 0.1) is 10.6 Å². The van der Waals surface area contributed by atoms with Crippen LogP contribution in [0.2, 0.25) is 0 Å². The smallest absolute Gasteiger partial charge is 0.262 e. The molecule has 0 unspecified atom stereocenters. The number of anilines is 1. The fourth-order valence-corrected chi connectivity index (χ4v) is 5.08. The van der Waals surface area contributed by atoms with Gasteiger partial charge in [0.25, 0.3) is 15.9 Å². The molecular formula is C26H25FN4O3S. The molecule has 0 fully saturated rings. The summed E-state index contributed by atoms with van der Waals surface area (Å²) in [6.07, 6.45) is 3.27. The van der Waals surface area contributed by atoms with Gasteiger partial charge in [-0.2, -0.15) is 0 Å². The zero-order chi connectivity index (χ0) is 25.2. The number of sulfonamides is 1. The first-order chi connectivity index (χ1) is 16.6. The Hall–Kier alpha value is -3.98. The lowest BCUT2D eigenvalue weighted by Crippen LogP contribution is -2.23. The number of aryl methyl sites for hydroxylation is 3. The summed E-state index contributed by atoms with van der Waals surface area (Å²) in [5.74, 6) is -0.175. The van der Waals surface area contributed by atoms with Crippen molar-refractivity contribution >= 4 is 21.6 Å². The maximum atomic E-state index is 14.6. The molecule has 4 aromatic rings. The molecule has 9 heteroatoms. The molecule has 1 aromatic heterocycles. The van der Waals surface area contributed by atoms with Crippen molar-refractivity contribution < 1.29 is 17.6 Å². The van der Waals surface area contributed by atoms with Gasteiger partial charge in [-0.3, -0.25) is 9.52 Å². The minimum atomic E-state index is -3.82. The van der Waals surface area contributed by atoms with Crippen LogP contribution in [0.15, 0.2) is 78.0 Å². The maximum Gasteiger partial charge on any atom is 0.262 e. The van der Waals surface area contributed by atoms with E-state index < -0.39 is 21.7 Å². The molecular weight excluding hydrogens is 467 g/mol. The summed E-state index contributed by atoms with van der Waals surface area (Å²) in [6, 6.07) is 16.1. The van der Waals surface area contributed by atoms with E-state index in [9.17, 15) is 17.6 Å². The molecule has 1 heterocycles. The summed E-state index contributed by atoms with van der Waals surface area (Å²) in [5.41, 5.74) is 2.96. The molecule has 0 aliphatic heterocycles. The second kappa shape index (κ2) is 9.71. The number of halogens is 1. The Morgan fingerprint density at radius 2 is 1.83 bits per heavy atom. The van der Waals surface area contributed by atoms with Gasteiger partial charge < -0.3 is 9.88 Å². The van der Waals surface area contributed by atoms with Crippen molar-refractivity contribution in [1.29, 1.82) is 0 Å². The van der Waals surface area contributed by atoms with Gasteiger partial charge in [0, 0.05) is 30.2 Å². The van der Waals surface area contributed by atoms with Crippen LogP contribution in [0, 0.1) is 26.6 Å². The van der Waals surface area contributed by atoms with E-state index in [0.717, 1.165) is 5.56 Å². The molecule has 0 saturated heterocycles. The second-order valence-corrected chi connectivity index (χ2v) is 9.92. The van der Waals surface area contributed by atoms with Crippen molar-refractivity contribution in [2.75, 3.05) is 4.72 Å². The third-order valence-electron chi connectivity index (χ3n) is 5.56. The zero-order valence-corrected chi connectivity index (χ0v) is 20.4. The average molecular weight is 493 g/mol. The number of nitrogens with zero attached hydrogens (tertiary/aromatic N) is 2. The number of hydrogen-bond donors (Lipinski definition) is 2. The van der Waals surface area contributed by atoms with Crippen molar-refractivity contribution in [3.63, 3.8) is 0 Å². The summed E-state index contributed by atoms with van der Waals surface area (Å²) < 4.78 is 44.6. The highest BCUT2D eigenvalue weighted by Crippen LogP contribution is 2.22. The zero-order valence-electron chi connectivity index (χ0n) is 19.5. The normalized spacial score (nSPS) is 11.3. The van der Waals surface area contributed by atoms with Crippen molar-refractivity contribution in [1.82, 2.24) is 14.9 Å². The van der Waals surface area contributed by atoms with E-state index in [0.29, 0.717) is 22.6 Å². The van der Waals surface area contributed by atoms with E-state index in [1.54, 1.807) is 73.3 Å². The number of aromatic nitrogens is 2. The predicted molar refractivity (Wildman–Crippen MR) is 133 cm³/mol. The van der Waals surface area contributed by atoms with Gasteiger partial charge in [-0.05, 0) is 73.9 Å². The molecule has 1 amide bonds. The molecule has 2 N–H and O–H groups in total. The van der Waals surface area contributed by atoms with Crippen molar-refractivity contribution in [3.05, 3.63) is 107 Å². The lowest BCUT2D eigenvalue weighted by molar-refractivity contribution is 0.0951. The Morgan fingerprint density at radius 3 is 2.54 bits per heavy atom. The number of carbonyl (C=O) groups excluding carboxylic acids is 1. The monoisotopic (exact) mass is 492 g/mol. The van der Waals surface area contributed by atoms with Crippen LogP contribution in [0.1, 0.15) is 32.9 Å². The lowest BCUT2D eigenvalue weighted by atomic mass is 10.1. The van der Waals surface area contributed by atoms with Crippen molar-refractivity contribution in [2.45, 2.75) is 32.2 Å². The summed E-state index contributed by atoms with van der Waals surface area (Å²) >= 11 is 0. The SMILES string of the molecule is Cc1ccc(C)c(S(=O)(=O)Nc2cccc(C(=O)NCc3ccc(-n4ccnc4C)c(F)c3)c2)c1. The topological polar surface area (TPSA) is 93.1 Å². The van der Waals surface area contributed by atoms with E-state index in [1.165, 1.54) is 12.1 Å². The van der Waals surface area contributed by atoms with Crippen LogP contribution in [-0.2, 0) is 16.6 Å². The fourth-order valence-electron chi connectivity index (χ4n) is 3.70. The van der Waals surface area contributed by atoms with Gasteiger partial charge >= 0.3 is 0 Å². The van der Waals surface area contributed by atoms with Crippen LogP contribution in [-0.4, -0.2) is 23.9 Å². The molecule has 7 nitrogen and oxygen atoms in total.